The Bertz CT molecular complexity index is 598. The first kappa shape index (κ1) is 14.6. The predicted molar refractivity (Wildman–Crippen MR) is 87.6 cm³/mol. The highest BCUT2D eigenvalue weighted by molar-refractivity contribution is 5.82. The first-order valence-corrected chi connectivity index (χ1v) is 8.12. The minimum Gasteiger partial charge on any atom is -0.459 e. The first-order valence-electron chi connectivity index (χ1n) is 8.12. The number of likely N-dealkylation sites (tertiary alicyclic amines) is 1. The molecule has 1 aromatic heterocycles. The molecule has 21 heavy (non-hydrogen) atoms. The lowest BCUT2D eigenvalue weighted by Crippen LogP contribution is -2.39. The Morgan fingerprint density at radius 1 is 1.19 bits per heavy atom. The van der Waals surface area contributed by atoms with Crippen molar-refractivity contribution < 1.29 is 4.42 Å². The van der Waals surface area contributed by atoms with Crippen molar-refractivity contribution in [2.24, 2.45) is 0 Å². The van der Waals surface area contributed by atoms with Gasteiger partial charge in [-0.05, 0) is 58.3 Å². The third kappa shape index (κ3) is 2.99. The molecule has 2 heterocycles. The predicted octanol–water partition coefficient (Wildman–Crippen LogP) is 3.88. The zero-order valence-electron chi connectivity index (χ0n) is 13.4. The summed E-state index contributed by atoms with van der Waals surface area (Å²) in [5.74, 6) is 1.07. The van der Waals surface area contributed by atoms with Crippen LogP contribution < -0.4 is 5.32 Å². The van der Waals surface area contributed by atoms with Gasteiger partial charge in [0.05, 0.1) is 6.04 Å². The number of nitrogens with zero attached hydrogens (tertiary/aromatic N) is 1. The van der Waals surface area contributed by atoms with Crippen molar-refractivity contribution in [2.45, 2.75) is 45.7 Å². The lowest BCUT2D eigenvalue weighted by Gasteiger charge is -2.25. The average Bonchev–Trinajstić information content (AvgIpc) is 3.13. The molecule has 0 spiro atoms. The molecule has 3 rings (SSSR count). The van der Waals surface area contributed by atoms with Crippen LogP contribution in [0.25, 0.3) is 11.0 Å². The molecule has 1 aliphatic heterocycles. The van der Waals surface area contributed by atoms with Gasteiger partial charge in [-0.2, -0.15) is 0 Å². The van der Waals surface area contributed by atoms with E-state index in [1.54, 1.807) is 0 Å². The smallest absolute Gasteiger partial charge is 0.134 e. The van der Waals surface area contributed by atoms with Crippen LogP contribution in [0.4, 0.5) is 0 Å². The third-order valence-electron chi connectivity index (χ3n) is 4.76. The zero-order valence-corrected chi connectivity index (χ0v) is 13.4. The number of nitrogens with one attached hydrogen (secondary N) is 1. The van der Waals surface area contributed by atoms with Crippen molar-refractivity contribution in [1.29, 1.82) is 0 Å². The average molecular weight is 286 g/mol. The number of para-hydroxylation sites is 1. The molecule has 0 amide bonds. The molecule has 2 atom stereocenters. The van der Waals surface area contributed by atoms with E-state index in [4.69, 9.17) is 4.42 Å². The van der Waals surface area contributed by atoms with Crippen molar-refractivity contribution in [2.75, 3.05) is 19.6 Å². The van der Waals surface area contributed by atoms with E-state index in [-0.39, 0.29) is 6.04 Å². The molecule has 0 radical (unpaired) electrons. The maximum atomic E-state index is 6.04. The Labute approximate surface area is 127 Å². The lowest BCUT2D eigenvalue weighted by molar-refractivity contribution is 0.244. The fourth-order valence-electron chi connectivity index (χ4n) is 3.36. The molecule has 1 fully saturated rings. The van der Waals surface area contributed by atoms with E-state index in [0.717, 1.165) is 17.9 Å². The second kappa shape index (κ2) is 6.20. The van der Waals surface area contributed by atoms with Crippen LogP contribution in [-0.2, 0) is 0 Å². The molecule has 2 aromatic rings. The molecule has 1 saturated heterocycles. The SMILES string of the molecule is Cc1c(C(C)NCC(C)N2CCCC2)oc2ccccc12. The second-order valence-electron chi connectivity index (χ2n) is 6.31. The van der Waals surface area contributed by atoms with E-state index in [0.29, 0.717) is 6.04 Å². The van der Waals surface area contributed by atoms with Crippen LogP contribution in [-0.4, -0.2) is 30.6 Å². The first-order chi connectivity index (χ1) is 10.2. The van der Waals surface area contributed by atoms with Gasteiger partial charge < -0.3 is 9.73 Å². The minimum atomic E-state index is 0.252. The maximum absolute atomic E-state index is 6.04. The Morgan fingerprint density at radius 2 is 1.90 bits per heavy atom. The normalized spacial score (nSPS) is 19.2. The van der Waals surface area contributed by atoms with Gasteiger partial charge in [0.2, 0.25) is 0 Å². The molecule has 2 unspecified atom stereocenters. The molecule has 1 N–H and O–H groups in total. The molecule has 114 valence electrons. The summed E-state index contributed by atoms with van der Waals surface area (Å²) < 4.78 is 6.04. The Hall–Kier alpha value is -1.32. The van der Waals surface area contributed by atoms with E-state index < -0.39 is 0 Å². The van der Waals surface area contributed by atoms with Crippen molar-refractivity contribution in [3.05, 3.63) is 35.6 Å². The van der Waals surface area contributed by atoms with E-state index in [9.17, 15) is 0 Å². The van der Waals surface area contributed by atoms with Gasteiger partial charge in [0.25, 0.3) is 0 Å². The third-order valence-corrected chi connectivity index (χ3v) is 4.76. The summed E-state index contributed by atoms with van der Waals surface area (Å²) >= 11 is 0. The van der Waals surface area contributed by atoms with E-state index in [1.807, 2.05) is 12.1 Å². The monoisotopic (exact) mass is 286 g/mol. The molecule has 3 nitrogen and oxygen atoms in total. The molecule has 0 bridgehead atoms. The summed E-state index contributed by atoms with van der Waals surface area (Å²) in [5.41, 5.74) is 2.26. The fourth-order valence-corrected chi connectivity index (χ4v) is 3.36. The van der Waals surface area contributed by atoms with Crippen LogP contribution in [0, 0.1) is 6.92 Å². The number of hydrogen-bond donors (Lipinski definition) is 1. The summed E-state index contributed by atoms with van der Waals surface area (Å²) in [6.07, 6.45) is 2.70. The topological polar surface area (TPSA) is 28.4 Å². The fraction of sp³-hybridized carbons (Fsp3) is 0.556. The highest BCUT2D eigenvalue weighted by Gasteiger charge is 2.20. The standard InChI is InChI=1S/C18H26N2O/c1-13(20-10-6-7-11-20)12-19-15(3)18-14(2)16-8-4-5-9-17(16)21-18/h4-5,8-9,13,15,19H,6-7,10-12H2,1-3H3. The lowest BCUT2D eigenvalue weighted by atomic mass is 10.1. The van der Waals surface area contributed by atoms with Gasteiger partial charge in [-0.25, -0.2) is 0 Å². The van der Waals surface area contributed by atoms with Crippen molar-refractivity contribution in [1.82, 2.24) is 10.2 Å². The summed E-state index contributed by atoms with van der Waals surface area (Å²) in [6.45, 7) is 10.2. The molecular formula is C18H26N2O. The van der Waals surface area contributed by atoms with Gasteiger partial charge in [0, 0.05) is 18.0 Å². The Morgan fingerprint density at radius 3 is 2.62 bits per heavy atom. The summed E-state index contributed by atoms with van der Waals surface area (Å²) in [4.78, 5) is 2.57. The molecular weight excluding hydrogens is 260 g/mol. The Balaban J connectivity index is 1.66. The van der Waals surface area contributed by atoms with E-state index in [2.05, 4.69) is 43.1 Å². The minimum absolute atomic E-state index is 0.252. The number of fused-ring (bicyclic) bond motifs is 1. The maximum Gasteiger partial charge on any atom is 0.134 e. The second-order valence-corrected chi connectivity index (χ2v) is 6.31. The molecule has 1 aliphatic rings. The number of hydrogen-bond acceptors (Lipinski definition) is 3. The van der Waals surface area contributed by atoms with Gasteiger partial charge >= 0.3 is 0 Å². The Kier molecular flexibility index (Phi) is 4.32. The highest BCUT2D eigenvalue weighted by Crippen LogP contribution is 2.29. The van der Waals surface area contributed by atoms with Gasteiger partial charge in [-0.15, -0.1) is 0 Å². The number of benzene rings is 1. The van der Waals surface area contributed by atoms with Crippen LogP contribution in [0.3, 0.4) is 0 Å². The summed E-state index contributed by atoms with van der Waals surface area (Å²) in [5, 5.41) is 4.87. The zero-order chi connectivity index (χ0) is 14.8. The van der Waals surface area contributed by atoms with Gasteiger partial charge in [0.1, 0.15) is 11.3 Å². The summed E-state index contributed by atoms with van der Waals surface area (Å²) in [7, 11) is 0. The largest absolute Gasteiger partial charge is 0.459 e. The van der Waals surface area contributed by atoms with Crippen molar-refractivity contribution in [3.63, 3.8) is 0 Å². The van der Waals surface area contributed by atoms with Gasteiger partial charge in [-0.1, -0.05) is 18.2 Å². The number of rotatable bonds is 5. The number of aryl methyl sites for hydroxylation is 1. The van der Waals surface area contributed by atoms with Gasteiger partial charge in [0.15, 0.2) is 0 Å². The quantitative estimate of drug-likeness (QED) is 0.904. The van der Waals surface area contributed by atoms with Crippen LogP contribution in [0.15, 0.2) is 28.7 Å². The molecule has 3 heteroatoms. The summed E-state index contributed by atoms with van der Waals surface area (Å²) in [6, 6.07) is 9.13. The molecule has 0 saturated carbocycles. The van der Waals surface area contributed by atoms with Crippen LogP contribution in [0.2, 0.25) is 0 Å². The van der Waals surface area contributed by atoms with E-state index >= 15 is 0 Å². The van der Waals surface area contributed by atoms with Crippen molar-refractivity contribution in [3.8, 4) is 0 Å². The van der Waals surface area contributed by atoms with E-state index in [1.165, 1.54) is 36.9 Å². The van der Waals surface area contributed by atoms with Gasteiger partial charge in [-0.3, -0.25) is 4.90 Å². The molecule has 0 aliphatic carbocycles. The highest BCUT2D eigenvalue weighted by atomic mass is 16.3. The van der Waals surface area contributed by atoms with Crippen molar-refractivity contribution >= 4 is 11.0 Å². The van der Waals surface area contributed by atoms with Crippen LogP contribution >= 0.6 is 0 Å². The van der Waals surface area contributed by atoms with Crippen LogP contribution in [0.5, 0.6) is 0 Å². The number of furan rings is 1. The van der Waals surface area contributed by atoms with Crippen LogP contribution in [0.1, 0.15) is 44.1 Å². The molecule has 1 aromatic carbocycles.